The molecular formula is C21H34NO3+. The van der Waals surface area contributed by atoms with Gasteiger partial charge in [-0.25, -0.2) is 4.79 Å². The number of nitrogens with zero attached hydrogens (tertiary/aromatic N) is 1. The van der Waals surface area contributed by atoms with Crippen molar-refractivity contribution in [2.24, 2.45) is 0 Å². The zero-order chi connectivity index (χ0) is 18.1. The van der Waals surface area contributed by atoms with E-state index in [0.29, 0.717) is 19.8 Å². The highest BCUT2D eigenvalue weighted by Gasteiger charge is 2.32. The maximum atomic E-state index is 12.3. The quantitative estimate of drug-likeness (QED) is 0.526. The summed E-state index contributed by atoms with van der Waals surface area (Å²) in [6.07, 6.45) is 5.78. The number of carbonyl (C=O) groups is 1. The van der Waals surface area contributed by atoms with Crippen LogP contribution in [0.4, 0.5) is 0 Å². The number of likely N-dealkylation sites (tertiary alicyclic amines) is 1. The largest absolute Gasteiger partial charge is 0.487 e. The molecule has 0 atom stereocenters. The van der Waals surface area contributed by atoms with Crippen molar-refractivity contribution in [3.63, 3.8) is 0 Å². The van der Waals surface area contributed by atoms with Crippen molar-refractivity contribution in [3.8, 4) is 5.75 Å². The molecule has 1 aliphatic rings. The maximum Gasteiger partial charge on any atom is 0.361 e. The number of ether oxygens (including phenoxy) is 2. The lowest BCUT2D eigenvalue weighted by Crippen LogP contribution is -2.54. The predicted molar refractivity (Wildman–Crippen MR) is 101 cm³/mol. The van der Waals surface area contributed by atoms with Gasteiger partial charge in [0.05, 0.1) is 19.7 Å². The summed E-state index contributed by atoms with van der Waals surface area (Å²) in [6, 6.07) is 6.23. The zero-order valence-electron chi connectivity index (χ0n) is 16.2. The minimum Gasteiger partial charge on any atom is -0.487 e. The summed E-state index contributed by atoms with van der Waals surface area (Å²) in [4.78, 5) is 12.3. The summed E-state index contributed by atoms with van der Waals surface area (Å²) in [6.45, 7) is 10.8. The van der Waals surface area contributed by atoms with E-state index in [1.54, 1.807) is 0 Å². The predicted octanol–water partition coefficient (Wildman–Crippen LogP) is 4.03. The number of hydrogen-bond acceptors (Lipinski definition) is 3. The van der Waals surface area contributed by atoms with Gasteiger partial charge in [-0.3, -0.25) is 0 Å². The maximum absolute atomic E-state index is 12.3. The van der Waals surface area contributed by atoms with Crippen LogP contribution < -0.4 is 4.74 Å². The van der Waals surface area contributed by atoms with E-state index in [2.05, 4.69) is 32.0 Å². The van der Waals surface area contributed by atoms with Gasteiger partial charge in [0.15, 0.2) is 6.54 Å². The third-order valence-electron chi connectivity index (χ3n) is 5.17. The van der Waals surface area contributed by atoms with Gasteiger partial charge in [-0.2, -0.15) is 0 Å². The van der Waals surface area contributed by atoms with Gasteiger partial charge in [-0.15, -0.1) is 0 Å². The Morgan fingerprint density at radius 1 is 1.04 bits per heavy atom. The van der Waals surface area contributed by atoms with Crippen molar-refractivity contribution in [2.75, 3.05) is 39.4 Å². The molecule has 0 aliphatic carbocycles. The molecule has 0 spiro atoms. The lowest BCUT2D eigenvalue weighted by Gasteiger charge is -2.36. The van der Waals surface area contributed by atoms with Crippen molar-refractivity contribution >= 4 is 5.97 Å². The van der Waals surface area contributed by atoms with Gasteiger partial charge in [0, 0.05) is 0 Å². The second kappa shape index (κ2) is 9.81. The summed E-state index contributed by atoms with van der Waals surface area (Å²) >= 11 is 0. The first-order valence-electron chi connectivity index (χ1n) is 9.76. The van der Waals surface area contributed by atoms with Crippen molar-refractivity contribution in [1.29, 1.82) is 0 Å². The van der Waals surface area contributed by atoms with Crippen LogP contribution in [0.25, 0.3) is 0 Å². The van der Waals surface area contributed by atoms with Crippen molar-refractivity contribution < 1.29 is 18.8 Å². The summed E-state index contributed by atoms with van der Waals surface area (Å²) < 4.78 is 12.3. The van der Waals surface area contributed by atoms with E-state index < -0.39 is 0 Å². The van der Waals surface area contributed by atoms with Crippen molar-refractivity contribution in [1.82, 2.24) is 0 Å². The molecule has 4 heteroatoms. The summed E-state index contributed by atoms with van der Waals surface area (Å²) in [7, 11) is 0. The first kappa shape index (κ1) is 19.8. The van der Waals surface area contributed by atoms with Gasteiger partial charge < -0.3 is 14.0 Å². The number of aryl methyl sites for hydroxylation is 2. The fourth-order valence-electron chi connectivity index (χ4n) is 3.72. The molecule has 0 amide bonds. The van der Waals surface area contributed by atoms with E-state index in [1.807, 2.05) is 6.92 Å². The summed E-state index contributed by atoms with van der Waals surface area (Å²) in [5, 5.41) is 0. The Labute approximate surface area is 152 Å². The normalized spacial score (nSPS) is 16.9. The Morgan fingerprint density at radius 3 is 2.28 bits per heavy atom. The number of hydrogen-bond donors (Lipinski definition) is 0. The lowest BCUT2D eigenvalue weighted by atomic mass is 10.1. The third kappa shape index (κ3) is 6.03. The molecule has 2 rings (SSSR count). The van der Waals surface area contributed by atoms with Crippen LogP contribution in [0, 0.1) is 13.8 Å². The molecule has 0 unspecified atom stereocenters. The highest BCUT2D eigenvalue weighted by atomic mass is 16.5. The van der Waals surface area contributed by atoms with Gasteiger partial charge in [0.25, 0.3) is 0 Å². The average molecular weight is 349 g/mol. The van der Waals surface area contributed by atoms with Crippen LogP contribution in [0.15, 0.2) is 18.2 Å². The molecule has 1 heterocycles. The molecule has 1 aromatic rings. The third-order valence-corrected chi connectivity index (χ3v) is 5.17. The Morgan fingerprint density at radius 2 is 1.68 bits per heavy atom. The standard InChI is InChI=1S/C21H34NO3/c1-4-15-24-20(23)17-22(12-7-5-6-8-13-22)14-16-25-21-18(2)10-9-11-19(21)3/h9-11H,4-8,12-17H2,1-3H3/q+1. The second-order valence-corrected chi connectivity index (χ2v) is 7.37. The molecule has 0 aromatic heterocycles. The fraction of sp³-hybridized carbons (Fsp3) is 0.667. The molecule has 0 radical (unpaired) electrons. The van der Waals surface area contributed by atoms with Gasteiger partial charge in [0.2, 0.25) is 0 Å². The van der Waals surface area contributed by atoms with E-state index in [0.717, 1.165) is 36.3 Å². The number of rotatable bonds is 8. The smallest absolute Gasteiger partial charge is 0.361 e. The molecule has 1 saturated heterocycles. The van der Waals surface area contributed by atoms with Crippen LogP contribution in [0.5, 0.6) is 5.75 Å². The van der Waals surface area contributed by atoms with Gasteiger partial charge >= 0.3 is 5.97 Å². The highest BCUT2D eigenvalue weighted by molar-refractivity contribution is 5.70. The van der Waals surface area contributed by atoms with Crippen LogP contribution >= 0.6 is 0 Å². The second-order valence-electron chi connectivity index (χ2n) is 7.37. The lowest BCUT2D eigenvalue weighted by molar-refractivity contribution is -0.920. The molecule has 0 N–H and O–H groups in total. The first-order chi connectivity index (χ1) is 12.1. The number of benzene rings is 1. The Hall–Kier alpha value is -1.55. The molecule has 1 aliphatic heterocycles. The molecule has 1 fully saturated rings. The van der Waals surface area contributed by atoms with Crippen molar-refractivity contribution in [2.45, 2.75) is 52.9 Å². The van der Waals surface area contributed by atoms with E-state index in [1.165, 1.54) is 36.8 Å². The van der Waals surface area contributed by atoms with E-state index >= 15 is 0 Å². The van der Waals surface area contributed by atoms with Crippen LogP contribution in [0.1, 0.15) is 50.2 Å². The van der Waals surface area contributed by atoms with Crippen LogP contribution in [0.2, 0.25) is 0 Å². The van der Waals surface area contributed by atoms with E-state index in [-0.39, 0.29) is 5.97 Å². The van der Waals surface area contributed by atoms with Crippen LogP contribution in [-0.4, -0.2) is 49.8 Å². The van der Waals surface area contributed by atoms with Gasteiger partial charge in [0.1, 0.15) is 18.9 Å². The minimum absolute atomic E-state index is 0.0594. The van der Waals surface area contributed by atoms with Gasteiger partial charge in [-0.1, -0.05) is 25.1 Å². The topological polar surface area (TPSA) is 35.5 Å². The van der Waals surface area contributed by atoms with E-state index in [4.69, 9.17) is 9.47 Å². The zero-order valence-corrected chi connectivity index (χ0v) is 16.2. The Kier molecular flexibility index (Phi) is 7.76. The van der Waals surface area contributed by atoms with Crippen molar-refractivity contribution in [3.05, 3.63) is 29.3 Å². The van der Waals surface area contributed by atoms with Crippen LogP contribution in [-0.2, 0) is 9.53 Å². The monoisotopic (exact) mass is 348 g/mol. The van der Waals surface area contributed by atoms with Crippen LogP contribution in [0.3, 0.4) is 0 Å². The molecule has 0 bridgehead atoms. The SMILES string of the molecule is CCCOC(=O)C[N+]1(CCOc2c(C)cccc2C)CCCCCC1. The first-order valence-corrected chi connectivity index (χ1v) is 9.76. The molecule has 140 valence electrons. The fourth-order valence-corrected chi connectivity index (χ4v) is 3.72. The Bertz CT molecular complexity index is 528. The number of esters is 1. The Balaban J connectivity index is 1.99. The van der Waals surface area contributed by atoms with E-state index in [9.17, 15) is 4.79 Å². The number of para-hydroxylation sites is 1. The summed E-state index contributed by atoms with van der Waals surface area (Å²) in [5.41, 5.74) is 2.34. The minimum atomic E-state index is -0.0594. The average Bonchev–Trinajstić information content (AvgIpc) is 2.81. The summed E-state index contributed by atoms with van der Waals surface area (Å²) in [5.74, 6) is 0.930. The molecule has 25 heavy (non-hydrogen) atoms. The highest BCUT2D eigenvalue weighted by Crippen LogP contribution is 2.23. The van der Waals surface area contributed by atoms with Gasteiger partial charge in [-0.05, 0) is 57.1 Å². The number of quaternary nitrogens is 1. The molecule has 1 aromatic carbocycles. The molecule has 4 nitrogen and oxygen atoms in total. The number of carbonyl (C=O) groups excluding carboxylic acids is 1. The molecule has 0 saturated carbocycles. The molecular weight excluding hydrogens is 314 g/mol.